The number of amides is 1. The van der Waals surface area contributed by atoms with Gasteiger partial charge in [-0.15, -0.1) is 0 Å². The maximum atomic E-state index is 12.5. The van der Waals surface area contributed by atoms with Crippen molar-refractivity contribution in [2.75, 3.05) is 24.3 Å². The Kier molecular flexibility index (Phi) is 4.42. The summed E-state index contributed by atoms with van der Waals surface area (Å²) in [4.78, 5) is 28.4. The fourth-order valence-corrected chi connectivity index (χ4v) is 2.90. The van der Waals surface area contributed by atoms with Crippen LogP contribution in [0.3, 0.4) is 0 Å². The standard InChI is InChI=1S/C20H19N5O2/c1-25(2)19-6-3-14-11-15(4-5-16(14)23-19)22-20(26)18-12-17(24-27-18)13-7-9-21-10-8-13/h3-11,18H,12H2,1-2H3,(H,22,26)/t18-/m1/s1. The lowest BCUT2D eigenvalue weighted by atomic mass is 10.1. The molecular weight excluding hydrogens is 342 g/mol. The zero-order chi connectivity index (χ0) is 18.8. The van der Waals surface area contributed by atoms with Gasteiger partial charge in [-0.2, -0.15) is 0 Å². The van der Waals surface area contributed by atoms with Gasteiger partial charge in [0, 0.05) is 49.5 Å². The van der Waals surface area contributed by atoms with Gasteiger partial charge in [-0.3, -0.25) is 9.78 Å². The van der Waals surface area contributed by atoms with Gasteiger partial charge in [-0.05, 0) is 42.5 Å². The number of benzene rings is 1. The summed E-state index contributed by atoms with van der Waals surface area (Å²) in [5, 5.41) is 7.90. The van der Waals surface area contributed by atoms with E-state index in [9.17, 15) is 4.79 Å². The van der Waals surface area contributed by atoms with E-state index in [1.807, 2.05) is 61.5 Å². The number of oxime groups is 1. The zero-order valence-corrected chi connectivity index (χ0v) is 15.1. The summed E-state index contributed by atoms with van der Waals surface area (Å²) in [6.45, 7) is 0. The van der Waals surface area contributed by atoms with Crippen LogP contribution in [0.25, 0.3) is 10.9 Å². The number of fused-ring (bicyclic) bond motifs is 1. The first-order valence-electron chi connectivity index (χ1n) is 8.62. The highest BCUT2D eigenvalue weighted by Crippen LogP contribution is 2.22. The Balaban J connectivity index is 1.45. The molecule has 0 saturated carbocycles. The molecule has 1 aliphatic heterocycles. The van der Waals surface area contributed by atoms with Crippen LogP contribution in [0, 0.1) is 0 Å². The fourth-order valence-electron chi connectivity index (χ4n) is 2.90. The maximum Gasteiger partial charge on any atom is 0.268 e. The highest BCUT2D eigenvalue weighted by atomic mass is 16.6. The molecule has 0 radical (unpaired) electrons. The van der Waals surface area contributed by atoms with Crippen molar-refractivity contribution in [3.05, 3.63) is 60.4 Å². The number of aromatic nitrogens is 2. The van der Waals surface area contributed by atoms with Crippen LogP contribution in [0.1, 0.15) is 12.0 Å². The molecule has 27 heavy (non-hydrogen) atoms. The maximum absolute atomic E-state index is 12.5. The van der Waals surface area contributed by atoms with Gasteiger partial charge in [0.15, 0.2) is 0 Å². The van der Waals surface area contributed by atoms with Crippen molar-refractivity contribution in [3.63, 3.8) is 0 Å². The molecule has 1 amide bonds. The Bertz CT molecular complexity index is 1020. The molecule has 1 atom stereocenters. The number of nitrogens with one attached hydrogen (secondary N) is 1. The topological polar surface area (TPSA) is 79.7 Å². The molecule has 4 rings (SSSR count). The van der Waals surface area contributed by atoms with Gasteiger partial charge in [-0.1, -0.05) is 5.16 Å². The largest absolute Gasteiger partial charge is 0.382 e. The fraction of sp³-hybridized carbons (Fsp3) is 0.200. The lowest BCUT2D eigenvalue weighted by Gasteiger charge is -2.13. The molecule has 7 nitrogen and oxygen atoms in total. The Morgan fingerprint density at radius 3 is 2.74 bits per heavy atom. The summed E-state index contributed by atoms with van der Waals surface area (Å²) in [5.74, 6) is 0.666. The lowest BCUT2D eigenvalue weighted by Crippen LogP contribution is -2.28. The molecule has 7 heteroatoms. The van der Waals surface area contributed by atoms with Crippen LogP contribution in [0.5, 0.6) is 0 Å². The third-order valence-electron chi connectivity index (χ3n) is 4.38. The molecule has 1 aliphatic rings. The Hall–Kier alpha value is -3.48. The Morgan fingerprint density at radius 1 is 1.15 bits per heavy atom. The molecule has 0 spiro atoms. The van der Waals surface area contributed by atoms with E-state index in [2.05, 4.69) is 20.4 Å². The number of hydrogen-bond acceptors (Lipinski definition) is 6. The average molecular weight is 361 g/mol. The molecule has 0 unspecified atom stereocenters. The number of nitrogens with zero attached hydrogens (tertiary/aromatic N) is 4. The van der Waals surface area contributed by atoms with Crippen molar-refractivity contribution < 1.29 is 9.63 Å². The first-order valence-corrected chi connectivity index (χ1v) is 8.62. The van der Waals surface area contributed by atoms with Crippen molar-refractivity contribution in [1.82, 2.24) is 9.97 Å². The van der Waals surface area contributed by atoms with Crippen LogP contribution >= 0.6 is 0 Å². The van der Waals surface area contributed by atoms with Crippen LogP contribution in [-0.2, 0) is 9.63 Å². The summed E-state index contributed by atoms with van der Waals surface area (Å²) in [6.07, 6.45) is 3.17. The van der Waals surface area contributed by atoms with Crippen LogP contribution in [0.2, 0.25) is 0 Å². The molecule has 2 aromatic heterocycles. The predicted octanol–water partition coefficient (Wildman–Crippen LogP) is 2.83. The highest BCUT2D eigenvalue weighted by molar-refractivity contribution is 6.06. The minimum Gasteiger partial charge on any atom is -0.382 e. The van der Waals surface area contributed by atoms with E-state index in [-0.39, 0.29) is 5.91 Å². The predicted molar refractivity (Wildman–Crippen MR) is 105 cm³/mol. The van der Waals surface area contributed by atoms with Crippen molar-refractivity contribution in [2.45, 2.75) is 12.5 Å². The molecule has 0 saturated heterocycles. The third-order valence-corrected chi connectivity index (χ3v) is 4.38. The minimum atomic E-state index is -0.641. The molecule has 3 aromatic rings. The second-order valence-corrected chi connectivity index (χ2v) is 6.53. The highest BCUT2D eigenvalue weighted by Gasteiger charge is 2.29. The van der Waals surface area contributed by atoms with Crippen molar-refractivity contribution in [1.29, 1.82) is 0 Å². The quantitative estimate of drug-likeness (QED) is 0.773. The van der Waals surface area contributed by atoms with Crippen molar-refractivity contribution in [2.24, 2.45) is 5.16 Å². The van der Waals surface area contributed by atoms with Gasteiger partial charge in [0.05, 0.1) is 11.2 Å². The van der Waals surface area contributed by atoms with Crippen LogP contribution in [-0.4, -0.2) is 41.8 Å². The van der Waals surface area contributed by atoms with Gasteiger partial charge in [-0.25, -0.2) is 4.98 Å². The van der Waals surface area contributed by atoms with Crippen molar-refractivity contribution >= 4 is 34.0 Å². The average Bonchev–Trinajstić information content (AvgIpc) is 3.18. The zero-order valence-electron chi connectivity index (χ0n) is 15.1. The lowest BCUT2D eigenvalue weighted by molar-refractivity contribution is -0.125. The molecule has 0 fully saturated rings. The smallest absolute Gasteiger partial charge is 0.268 e. The summed E-state index contributed by atoms with van der Waals surface area (Å²) in [7, 11) is 3.90. The SMILES string of the molecule is CN(C)c1ccc2cc(NC(=O)[C@H]3CC(c4ccncc4)=NO3)ccc2n1. The van der Waals surface area contributed by atoms with Gasteiger partial charge in [0.2, 0.25) is 6.10 Å². The van der Waals surface area contributed by atoms with E-state index >= 15 is 0 Å². The molecule has 0 aliphatic carbocycles. The van der Waals surface area contributed by atoms with E-state index in [0.29, 0.717) is 12.1 Å². The number of hydrogen-bond donors (Lipinski definition) is 1. The molecule has 1 N–H and O–H groups in total. The summed E-state index contributed by atoms with van der Waals surface area (Å²) < 4.78 is 0. The molecule has 136 valence electrons. The van der Waals surface area contributed by atoms with Crippen LogP contribution in [0.4, 0.5) is 11.5 Å². The van der Waals surface area contributed by atoms with Crippen molar-refractivity contribution in [3.8, 4) is 0 Å². The first-order chi connectivity index (χ1) is 13.1. The van der Waals surface area contributed by atoms with E-state index < -0.39 is 6.10 Å². The summed E-state index contributed by atoms with van der Waals surface area (Å²) in [6, 6.07) is 13.3. The third kappa shape index (κ3) is 3.57. The second kappa shape index (κ2) is 7.03. The number of rotatable bonds is 4. The van der Waals surface area contributed by atoms with Gasteiger partial charge >= 0.3 is 0 Å². The van der Waals surface area contributed by atoms with Crippen LogP contribution in [0.15, 0.2) is 60.0 Å². The number of pyridine rings is 2. The Labute approximate surface area is 156 Å². The monoisotopic (exact) mass is 361 g/mol. The minimum absolute atomic E-state index is 0.222. The van der Waals surface area contributed by atoms with Gasteiger partial charge < -0.3 is 15.1 Å². The van der Waals surface area contributed by atoms with E-state index in [0.717, 1.165) is 28.0 Å². The van der Waals surface area contributed by atoms with Crippen LogP contribution < -0.4 is 10.2 Å². The normalized spacial score (nSPS) is 15.9. The van der Waals surface area contributed by atoms with Gasteiger partial charge in [0.1, 0.15) is 5.82 Å². The number of carbonyl (C=O) groups excluding carboxylic acids is 1. The summed E-state index contributed by atoms with van der Waals surface area (Å²) in [5.41, 5.74) is 3.23. The van der Waals surface area contributed by atoms with Gasteiger partial charge in [0.25, 0.3) is 5.91 Å². The first kappa shape index (κ1) is 17.0. The van der Waals surface area contributed by atoms with E-state index in [1.165, 1.54) is 0 Å². The number of anilines is 2. The molecule has 3 heterocycles. The molecule has 0 bridgehead atoms. The Morgan fingerprint density at radius 2 is 1.96 bits per heavy atom. The van der Waals surface area contributed by atoms with E-state index in [4.69, 9.17) is 4.84 Å². The second-order valence-electron chi connectivity index (χ2n) is 6.53. The van der Waals surface area contributed by atoms with E-state index in [1.54, 1.807) is 12.4 Å². The molecule has 1 aromatic carbocycles. The molecular formula is C20H19N5O2. The number of carbonyl (C=O) groups is 1. The summed E-state index contributed by atoms with van der Waals surface area (Å²) >= 11 is 0.